The molecule has 0 aliphatic carbocycles. The van der Waals surface area contributed by atoms with Crippen molar-refractivity contribution < 1.29 is 0 Å². The Labute approximate surface area is 114 Å². The number of hydrogen-bond donors (Lipinski definition) is 2. The maximum absolute atomic E-state index is 6.10. The van der Waals surface area contributed by atoms with E-state index in [-0.39, 0.29) is 0 Å². The summed E-state index contributed by atoms with van der Waals surface area (Å²) in [4.78, 5) is 0. The Morgan fingerprint density at radius 3 is 2.76 bits per heavy atom. The summed E-state index contributed by atoms with van der Waals surface area (Å²) in [6.07, 6.45) is 0.899. The second-order valence-corrected chi connectivity index (χ2v) is 4.99. The van der Waals surface area contributed by atoms with Gasteiger partial charge in [-0.05, 0) is 50.2 Å². The molecule has 17 heavy (non-hydrogen) atoms. The predicted molar refractivity (Wildman–Crippen MR) is 76.2 cm³/mol. The lowest BCUT2D eigenvalue weighted by atomic mass is 10.1. The summed E-state index contributed by atoms with van der Waals surface area (Å²) in [5, 5.41) is 8.28. The molecule has 0 heterocycles. The summed E-state index contributed by atoms with van der Waals surface area (Å²) in [6, 6.07) is 6.06. The van der Waals surface area contributed by atoms with E-state index in [9.17, 15) is 0 Å². The van der Waals surface area contributed by atoms with E-state index in [1.807, 2.05) is 18.2 Å². The van der Waals surface area contributed by atoms with Gasteiger partial charge >= 0.3 is 0 Å². The van der Waals surface area contributed by atoms with Crippen LogP contribution < -0.4 is 10.6 Å². The zero-order valence-electron chi connectivity index (χ0n) is 10.4. The summed E-state index contributed by atoms with van der Waals surface area (Å²) in [5.74, 6) is 0. The third-order valence-corrected chi connectivity index (χ3v) is 3.20. The van der Waals surface area contributed by atoms with Crippen LogP contribution in [0.2, 0.25) is 10.0 Å². The lowest BCUT2D eigenvalue weighted by Crippen LogP contribution is -2.37. The van der Waals surface area contributed by atoms with E-state index in [0.717, 1.165) is 41.7 Å². The van der Waals surface area contributed by atoms with Gasteiger partial charge in [-0.3, -0.25) is 0 Å². The van der Waals surface area contributed by atoms with Crippen molar-refractivity contribution in [3.63, 3.8) is 0 Å². The van der Waals surface area contributed by atoms with Crippen LogP contribution >= 0.6 is 23.2 Å². The van der Waals surface area contributed by atoms with E-state index in [1.54, 1.807) is 0 Å². The number of rotatable bonds is 7. The third-order valence-electron chi connectivity index (χ3n) is 2.60. The van der Waals surface area contributed by atoms with Crippen molar-refractivity contribution in [3.8, 4) is 0 Å². The van der Waals surface area contributed by atoms with Crippen molar-refractivity contribution in [2.75, 3.05) is 19.6 Å². The molecule has 0 fully saturated rings. The van der Waals surface area contributed by atoms with E-state index in [4.69, 9.17) is 23.2 Å². The largest absolute Gasteiger partial charge is 0.315 e. The standard InChI is InChI=1S/C13H20Cl2N2/c1-3-16-9-10(2)17-7-6-11-8-12(14)4-5-13(11)15/h4-5,8,10,16-17H,3,6-7,9H2,1-2H3. The predicted octanol–water partition coefficient (Wildman–Crippen LogP) is 3.12. The molecule has 0 aliphatic heterocycles. The fraction of sp³-hybridized carbons (Fsp3) is 0.538. The van der Waals surface area contributed by atoms with Crippen LogP contribution in [0.1, 0.15) is 19.4 Å². The van der Waals surface area contributed by atoms with Gasteiger partial charge in [-0.2, -0.15) is 0 Å². The summed E-state index contributed by atoms with van der Waals surface area (Å²) < 4.78 is 0. The van der Waals surface area contributed by atoms with Crippen molar-refractivity contribution >= 4 is 23.2 Å². The molecule has 1 rings (SSSR count). The van der Waals surface area contributed by atoms with E-state index in [2.05, 4.69) is 24.5 Å². The Bertz CT molecular complexity index is 342. The lowest BCUT2D eigenvalue weighted by Gasteiger charge is -2.14. The Hall–Kier alpha value is -0.280. The van der Waals surface area contributed by atoms with E-state index >= 15 is 0 Å². The maximum Gasteiger partial charge on any atom is 0.0439 e. The fourth-order valence-electron chi connectivity index (χ4n) is 1.62. The number of halogens is 2. The first-order valence-electron chi connectivity index (χ1n) is 6.01. The maximum atomic E-state index is 6.10. The van der Waals surface area contributed by atoms with Gasteiger partial charge in [0.15, 0.2) is 0 Å². The van der Waals surface area contributed by atoms with Gasteiger partial charge in [-0.1, -0.05) is 30.1 Å². The quantitative estimate of drug-likeness (QED) is 0.799. The minimum Gasteiger partial charge on any atom is -0.315 e. The van der Waals surface area contributed by atoms with Crippen molar-refractivity contribution in [1.82, 2.24) is 10.6 Å². The van der Waals surface area contributed by atoms with Crippen LogP contribution in [0, 0.1) is 0 Å². The van der Waals surface area contributed by atoms with Crippen LogP contribution in [-0.4, -0.2) is 25.7 Å². The highest BCUT2D eigenvalue weighted by Crippen LogP contribution is 2.20. The van der Waals surface area contributed by atoms with Crippen LogP contribution in [0.5, 0.6) is 0 Å². The molecule has 0 aromatic heterocycles. The highest BCUT2D eigenvalue weighted by Gasteiger charge is 2.03. The molecule has 0 aliphatic rings. The van der Waals surface area contributed by atoms with Crippen LogP contribution in [0.15, 0.2) is 18.2 Å². The number of hydrogen-bond acceptors (Lipinski definition) is 2. The molecule has 1 aromatic carbocycles. The molecule has 0 bridgehead atoms. The zero-order valence-corrected chi connectivity index (χ0v) is 11.9. The molecule has 0 saturated carbocycles. The Morgan fingerprint density at radius 1 is 1.29 bits per heavy atom. The first-order valence-corrected chi connectivity index (χ1v) is 6.77. The molecule has 1 unspecified atom stereocenters. The minimum atomic E-state index is 0.466. The van der Waals surface area contributed by atoms with Crippen LogP contribution in [-0.2, 0) is 6.42 Å². The second kappa shape index (κ2) is 7.93. The van der Waals surface area contributed by atoms with E-state index in [0.29, 0.717) is 6.04 Å². The van der Waals surface area contributed by atoms with Crippen molar-refractivity contribution in [2.24, 2.45) is 0 Å². The SMILES string of the molecule is CCNCC(C)NCCc1cc(Cl)ccc1Cl. The summed E-state index contributed by atoms with van der Waals surface area (Å²) in [7, 11) is 0. The zero-order chi connectivity index (χ0) is 12.7. The van der Waals surface area contributed by atoms with Crippen LogP contribution in [0.25, 0.3) is 0 Å². The topological polar surface area (TPSA) is 24.1 Å². The Balaban J connectivity index is 2.32. The third kappa shape index (κ3) is 5.73. The highest BCUT2D eigenvalue weighted by atomic mass is 35.5. The molecule has 4 heteroatoms. The van der Waals surface area contributed by atoms with Gasteiger partial charge in [0.1, 0.15) is 0 Å². The lowest BCUT2D eigenvalue weighted by molar-refractivity contribution is 0.512. The van der Waals surface area contributed by atoms with E-state index < -0.39 is 0 Å². The van der Waals surface area contributed by atoms with Gasteiger partial charge in [0.25, 0.3) is 0 Å². The monoisotopic (exact) mass is 274 g/mol. The second-order valence-electron chi connectivity index (χ2n) is 4.15. The molecule has 0 saturated heterocycles. The van der Waals surface area contributed by atoms with E-state index in [1.165, 1.54) is 0 Å². The molecule has 2 N–H and O–H groups in total. The first-order chi connectivity index (χ1) is 8.13. The molecule has 1 aromatic rings. The van der Waals surface area contributed by atoms with Gasteiger partial charge < -0.3 is 10.6 Å². The number of nitrogens with one attached hydrogen (secondary N) is 2. The number of likely N-dealkylation sites (N-methyl/N-ethyl adjacent to an activating group) is 1. The minimum absolute atomic E-state index is 0.466. The van der Waals surface area contributed by atoms with Crippen LogP contribution in [0.4, 0.5) is 0 Å². The average Bonchev–Trinajstić information content (AvgIpc) is 2.31. The molecule has 96 valence electrons. The molecule has 0 amide bonds. The van der Waals surface area contributed by atoms with Crippen molar-refractivity contribution in [3.05, 3.63) is 33.8 Å². The fourth-order valence-corrected chi connectivity index (χ4v) is 2.03. The first kappa shape index (κ1) is 14.8. The highest BCUT2D eigenvalue weighted by molar-refractivity contribution is 6.33. The summed E-state index contributed by atoms with van der Waals surface area (Å²) in [5.41, 5.74) is 1.10. The molecular weight excluding hydrogens is 255 g/mol. The molecule has 2 nitrogen and oxygen atoms in total. The van der Waals surface area contributed by atoms with Crippen molar-refractivity contribution in [1.29, 1.82) is 0 Å². The van der Waals surface area contributed by atoms with Gasteiger partial charge in [0.05, 0.1) is 0 Å². The van der Waals surface area contributed by atoms with Gasteiger partial charge in [-0.15, -0.1) is 0 Å². The normalized spacial score (nSPS) is 12.7. The van der Waals surface area contributed by atoms with Crippen molar-refractivity contribution in [2.45, 2.75) is 26.3 Å². The summed E-state index contributed by atoms with van der Waals surface area (Å²) in [6.45, 7) is 7.18. The Morgan fingerprint density at radius 2 is 2.06 bits per heavy atom. The molecule has 1 atom stereocenters. The molecule has 0 spiro atoms. The smallest absolute Gasteiger partial charge is 0.0439 e. The summed E-state index contributed by atoms with van der Waals surface area (Å²) >= 11 is 12.0. The van der Waals surface area contributed by atoms with Gasteiger partial charge in [0, 0.05) is 22.6 Å². The van der Waals surface area contributed by atoms with Gasteiger partial charge in [0.2, 0.25) is 0 Å². The van der Waals surface area contributed by atoms with Crippen LogP contribution in [0.3, 0.4) is 0 Å². The Kier molecular flexibility index (Phi) is 6.90. The number of benzene rings is 1. The van der Waals surface area contributed by atoms with Gasteiger partial charge in [-0.25, -0.2) is 0 Å². The average molecular weight is 275 g/mol. The molecular formula is C13H20Cl2N2. The molecule has 0 radical (unpaired) electrons.